The van der Waals surface area contributed by atoms with Gasteiger partial charge in [-0.2, -0.15) is 0 Å². The Bertz CT molecular complexity index is 1550. The van der Waals surface area contributed by atoms with Gasteiger partial charge >= 0.3 is 0 Å². The maximum atomic E-state index is 13.7. The third kappa shape index (κ3) is 5.76. The van der Waals surface area contributed by atoms with Crippen molar-refractivity contribution in [3.05, 3.63) is 102 Å². The molecule has 188 valence electrons. The molecule has 1 aliphatic heterocycles. The van der Waals surface area contributed by atoms with E-state index in [9.17, 15) is 18.0 Å². The first-order chi connectivity index (χ1) is 17.9. The number of sulfone groups is 1. The molecule has 4 aromatic rings. The van der Waals surface area contributed by atoms with E-state index in [0.29, 0.717) is 33.2 Å². The van der Waals surface area contributed by atoms with Gasteiger partial charge in [-0.05, 0) is 42.7 Å². The lowest BCUT2D eigenvalue weighted by atomic mass is 10.1. The molecule has 1 aliphatic rings. The van der Waals surface area contributed by atoms with Crippen molar-refractivity contribution < 1.29 is 18.0 Å². The maximum absolute atomic E-state index is 13.7. The number of hydrogen-bond donors (Lipinski definition) is 2. The zero-order valence-corrected chi connectivity index (χ0v) is 22.0. The number of amides is 2. The largest absolute Gasteiger partial charge is 0.334 e. The number of nitrogens with zero attached hydrogens (tertiary/aromatic N) is 1. The molecule has 2 N–H and O–H groups in total. The van der Waals surface area contributed by atoms with E-state index in [2.05, 4.69) is 10.6 Å². The monoisotopic (exact) mass is 549 g/mol. The number of carbonyl (C=O) groups excluding carboxylic acids is 2. The van der Waals surface area contributed by atoms with E-state index in [1.807, 2.05) is 54.6 Å². The minimum atomic E-state index is -3.45. The second kappa shape index (κ2) is 10.9. The van der Waals surface area contributed by atoms with E-state index in [4.69, 9.17) is 4.98 Å². The molecular formula is C27H23N3O4S3. The highest BCUT2D eigenvalue weighted by atomic mass is 32.2. The van der Waals surface area contributed by atoms with E-state index < -0.39 is 27.0 Å². The fraction of sp³-hybridized carbons (Fsp3) is 0.148. The number of benzene rings is 3. The van der Waals surface area contributed by atoms with Gasteiger partial charge in [-0.3, -0.25) is 9.59 Å². The van der Waals surface area contributed by atoms with Crippen LogP contribution in [0.5, 0.6) is 0 Å². The van der Waals surface area contributed by atoms with Crippen LogP contribution in [-0.2, 0) is 14.6 Å². The summed E-state index contributed by atoms with van der Waals surface area (Å²) in [5.74, 6) is -1.11. The van der Waals surface area contributed by atoms with E-state index >= 15 is 0 Å². The minimum absolute atomic E-state index is 0.0218. The second-order valence-electron chi connectivity index (χ2n) is 8.41. The molecule has 0 bridgehead atoms. The van der Waals surface area contributed by atoms with Crippen molar-refractivity contribution in [2.45, 2.75) is 22.6 Å². The molecule has 7 nitrogen and oxygen atoms in total. The molecule has 10 heteroatoms. The molecule has 1 unspecified atom stereocenters. The van der Waals surface area contributed by atoms with Crippen LogP contribution >= 0.6 is 23.1 Å². The van der Waals surface area contributed by atoms with E-state index in [-0.39, 0.29) is 11.4 Å². The summed E-state index contributed by atoms with van der Waals surface area (Å²) in [6, 6.07) is 25.5. The molecule has 2 heterocycles. The van der Waals surface area contributed by atoms with Gasteiger partial charge in [0.15, 0.2) is 14.2 Å². The van der Waals surface area contributed by atoms with Gasteiger partial charge in [0, 0.05) is 5.56 Å². The Hall–Kier alpha value is -3.47. The first-order valence-corrected chi connectivity index (χ1v) is 15.0. The summed E-state index contributed by atoms with van der Waals surface area (Å²) >= 11 is 2.74. The Kier molecular flexibility index (Phi) is 7.40. The van der Waals surface area contributed by atoms with Gasteiger partial charge < -0.3 is 10.6 Å². The predicted molar refractivity (Wildman–Crippen MR) is 148 cm³/mol. The molecule has 1 aromatic heterocycles. The van der Waals surface area contributed by atoms with Gasteiger partial charge in [-0.1, -0.05) is 72.4 Å². The number of rotatable bonds is 7. The summed E-state index contributed by atoms with van der Waals surface area (Å²) in [6.45, 7) is 0. The van der Waals surface area contributed by atoms with Gasteiger partial charge in [0.05, 0.1) is 20.9 Å². The van der Waals surface area contributed by atoms with Crippen LogP contribution in [0.15, 0.2) is 95.0 Å². The molecule has 37 heavy (non-hydrogen) atoms. The van der Waals surface area contributed by atoms with Crippen molar-refractivity contribution in [3.63, 3.8) is 0 Å². The highest BCUT2D eigenvalue weighted by molar-refractivity contribution is 8.09. The molecule has 2 amide bonds. The number of thiazole rings is 1. The zero-order valence-electron chi connectivity index (χ0n) is 19.6. The van der Waals surface area contributed by atoms with Crippen LogP contribution in [0.3, 0.4) is 0 Å². The number of thioether (sulfide) groups is 1. The molecule has 0 radical (unpaired) electrons. The number of para-hydroxylation sites is 1. The highest BCUT2D eigenvalue weighted by Gasteiger charge is 2.34. The summed E-state index contributed by atoms with van der Waals surface area (Å²) in [5, 5.41) is 4.44. The Balaban J connectivity index is 1.60. The maximum Gasteiger partial charge on any atom is 0.270 e. The topological polar surface area (TPSA) is 105 Å². The number of carbonyl (C=O) groups is 2. The van der Waals surface area contributed by atoms with Crippen LogP contribution in [-0.4, -0.2) is 36.3 Å². The first-order valence-electron chi connectivity index (χ1n) is 11.6. The fourth-order valence-electron chi connectivity index (χ4n) is 3.99. The van der Waals surface area contributed by atoms with E-state index in [1.54, 1.807) is 30.3 Å². The van der Waals surface area contributed by atoms with E-state index in [1.165, 1.54) is 23.1 Å². The summed E-state index contributed by atoms with van der Waals surface area (Å²) in [5.41, 5.74) is 1.88. The van der Waals surface area contributed by atoms with Crippen LogP contribution in [0.1, 0.15) is 28.8 Å². The van der Waals surface area contributed by atoms with Crippen molar-refractivity contribution in [1.82, 2.24) is 15.6 Å². The molecule has 1 saturated heterocycles. The van der Waals surface area contributed by atoms with Gasteiger partial charge in [0.1, 0.15) is 11.1 Å². The van der Waals surface area contributed by atoms with Crippen molar-refractivity contribution >= 4 is 59.9 Å². The van der Waals surface area contributed by atoms with Crippen LogP contribution in [0.25, 0.3) is 15.1 Å². The minimum Gasteiger partial charge on any atom is -0.334 e. The number of fused-ring (bicyclic) bond motifs is 1. The molecule has 0 spiro atoms. The predicted octanol–water partition coefficient (Wildman–Crippen LogP) is 4.84. The normalized spacial score (nSPS) is 17.2. The van der Waals surface area contributed by atoms with Crippen LogP contribution < -0.4 is 10.6 Å². The smallest absolute Gasteiger partial charge is 0.270 e. The Labute approximate surface area is 222 Å². The molecule has 0 saturated carbocycles. The number of aromatic nitrogens is 1. The zero-order chi connectivity index (χ0) is 25.8. The first kappa shape index (κ1) is 25.2. The van der Waals surface area contributed by atoms with Crippen LogP contribution in [0, 0.1) is 0 Å². The standard InChI is InChI=1S/C27H23N3O4S3/c31-25(19-12-5-2-6-13-19)30-23(26(32)29-22-16-9-17-37(22,33)34)24(18-10-3-1-4-11-18)36-27-28-20-14-7-8-15-21(20)35-27/h1-8,10-15,22H,9,16-17H2,(H,29,32)(H,30,31)/b24-23+. The quantitative estimate of drug-likeness (QED) is 0.253. The Morgan fingerprint density at radius 3 is 2.19 bits per heavy atom. The Morgan fingerprint density at radius 2 is 1.54 bits per heavy atom. The molecule has 5 rings (SSSR count). The van der Waals surface area contributed by atoms with Gasteiger partial charge in [-0.25, -0.2) is 13.4 Å². The van der Waals surface area contributed by atoms with Crippen molar-refractivity contribution in [2.75, 3.05) is 5.75 Å². The lowest BCUT2D eigenvalue weighted by Crippen LogP contribution is -2.42. The van der Waals surface area contributed by atoms with Gasteiger partial charge in [0.25, 0.3) is 11.8 Å². The molecule has 3 aromatic carbocycles. The lowest BCUT2D eigenvalue weighted by molar-refractivity contribution is -0.118. The van der Waals surface area contributed by atoms with Crippen LogP contribution in [0.2, 0.25) is 0 Å². The third-order valence-electron chi connectivity index (χ3n) is 5.85. The summed E-state index contributed by atoms with van der Waals surface area (Å²) in [4.78, 5) is 32.0. The lowest BCUT2D eigenvalue weighted by Gasteiger charge is -2.18. The SMILES string of the molecule is O=C(NC1CCCS1(=O)=O)/C(NC(=O)c1ccccc1)=C(\Sc1nc2ccccc2s1)c1ccccc1. The molecule has 1 atom stereocenters. The Morgan fingerprint density at radius 1 is 0.892 bits per heavy atom. The summed E-state index contributed by atoms with van der Waals surface area (Å²) in [7, 11) is -3.45. The molecule has 1 fully saturated rings. The second-order valence-corrected chi connectivity index (χ2v) is 13.0. The van der Waals surface area contributed by atoms with Crippen molar-refractivity contribution in [1.29, 1.82) is 0 Å². The average Bonchev–Trinajstić information content (AvgIpc) is 3.48. The number of nitrogens with one attached hydrogen (secondary N) is 2. The summed E-state index contributed by atoms with van der Waals surface area (Å²) < 4.78 is 26.6. The highest BCUT2D eigenvalue weighted by Crippen LogP contribution is 2.40. The van der Waals surface area contributed by atoms with Crippen LogP contribution in [0.4, 0.5) is 0 Å². The third-order valence-corrected chi connectivity index (χ3v) is 10.2. The molecular weight excluding hydrogens is 527 g/mol. The van der Waals surface area contributed by atoms with Gasteiger partial charge in [0.2, 0.25) is 0 Å². The van der Waals surface area contributed by atoms with Crippen molar-refractivity contribution in [3.8, 4) is 0 Å². The molecule has 0 aliphatic carbocycles. The van der Waals surface area contributed by atoms with E-state index in [0.717, 1.165) is 10.2 Å². The average molecular weight is 550 g/mol. The van der Waals surface area contributed by atoms with Gasteiger partial charge in [-0.15, -0.1) is 11.3 Å². The summed E-state index contributed by atoms with van der Waals surface area (Å²) in [6.07, 6.45) is 0.814. The number of hydrogen-bond acceptors (Lipinski definition) is 7. The fourth-order valence-corrected chi connectivity index (χ4v) is 7.86. The van der Waals surface area contributed by atoms with Crippen molar-refractivity contribution in [2.24, 2.45) is 0 Å².